The van der Waals surface area contributed by atoms with Crippen LogP contribution in [0.4, 0.5) is 0 Å². The Kier molecular flexibility index (Phi) is 4.16. The van der Waals surface area contributed by atoms with Crippen molar-refractivity contribution >= 4 is 29.0 Å². The fourth-order valence-electron chi connectivity index (χ4n) is 0.252. The van der Waals surface area contributed by atoms with Gasteiger partial charge in [-0.3, -0.25) is 7.86 Å². The minimum atomic E-state index is -0.437. The molecule has 0 spiro atoms. The number of carbonyl (C=O) groups excluding carboxylic acids is 1. The van der Waals surface area contributed by atoms with Gasteiger partial charge in [0.1, 0.15) is 23.0 Å². The van der Waals surface area contributed by atoms with Crippen LogP contribution in [0.3, 0.4) is 0 Å². The quantitative estimate of drug-likeness (QED) is 0.407. The summed E-state index contributed by atoms with van der Waals surface area (Å²) in [5, 5.41) is 0. The lowest BCUT2D eigenvalue weighted by Crippen LogP contribution is -2.10. The van der Waals surface area contributed by atoms with Gasteiger partial charge in [-0.15, -0.1) is 0 Å². The average Bonchev–Trinajstić information content (AvgIpc) is 1.65. The van der Waals surface area contributed by atoms with Gasteiger partial charge in [-0.25, -0.2) is 0 Å². The summed E-state index contributed by atoms with van der Waals surface area (Å²) in [4.78, 5) is 10.1. The van der Waals surface area contributed by atoms with Crippen LogP contribution in [0.2, 0.25) is 0 Å². The van der Waals surface area contributed by atoms with Crippen LogP contribution in [0.15, 0.2) is 0 Å². The van der Waals surface area contributed by atoms with Gasteiger partial charge < -0.3 is 4.74 Å². The lowest BCUT2D eigenvalue weighted by atomic mass is 10.7. The summed E-state index contributed by atoms with van der Waals surface area (Å²) in [7, 11) is 0. The highest BCUT2D eigenvalue weighted by Gasteiger charge is 2.00. The molecule has 48 valence electrons. The molecule has 0 amide bonds. The Morgan fingerprint density at radius 2 is 2.25 bits per heavy atom. The van der Waals surface area contributed by atoms with E-state index >= 15 is 0 Å². The Hall–Kier alpha value is 0.160. The first kappa shape index (κ1) is 8.16. The van der Waals surface area contributed by atoms with Gasteiger partial charge in [0.2, 0.25) is 6.29 Å². The predicted molar refractivity (Wildman–Crippen MR) is 36.3 cm³/mol. The van der Waals surface area contributed by atoms with Crippen molar-refractivity contribution in [2.75, 3.05) is 0 Å². The largest absolute Gasteiger partial charge is 0.435 e. The van der Waals surface area contributed by atoms with E-state index in [1.807, 2.05) is 0 Å². The van der Waals surface area contributed by atoms with Crippen molar-refractivity contribution in [3.8, 4) is 0 Å². The molecule has 0 fully saturated rings. The molecule has 0 N–H and O–H groups in total. The Balaban J connectivity index is 3.24. The van der Waals surface area contributed by atoms with Crippen LogP contribution in [-0.2, 0) is 12.6 Å². The third-order valence-corrected chi connectivity index (χ3v) is 1.17. The van der Waals surface area contributed by atoms with Crippen LogP contribution >= 0.6 is 23.0 Å². The molecule has 4 heteroatoms. The zero-order valence-electron chi connectivity index (χ0n) is 4.68. The highest BCUT2D eigenvalue weighted by atomic mass is 127. The molecule has 0 aliphatic heterocycles. The van der Waals surface area contributed by atoms with Crippen molar-refractivity contribution in [2.45, 2.75) is 20.1 Å². The van der Waals surface area contributed by atoms with Crippen LogP contribution in [0.25, 0.3) is 0 Å². The number of rotatable bonds is 2. The maximum absolute atomic E-state index is 10.1. The standard InChI is InChI=1S/C4H7IO3/c1-3(6)7-4(2)8-5/h4H,1-2H3. The second kappa shape index (κ2) is 4.08. The average molecular weight is 230 g/mol. The van der Waals surface area contributed by atoms with Gasteiger partial charge in [0.15, 0.2) is 0 Å². The molecular formula is C4H7IO3. The number of halogens is 1. The smallest absolute Gasteiger partial charge is 0.304 e. The highest BCUT2D eigenvalue weighted by molar-refractivity contribution is 14.1. The van der Waals surface area contributed by atoms with E-state index in [-0.39, 0.29) is 5.97 Å². The Morgan fingerprint density at radius 3 is 2.38 bits per heavy atom. The maximum atomic E-state index is 10.1. The van der Waals surface area contributed by atoms with Crippen molar-refractivity contribution in [1.82, 2.24) is 0 Å². The van der Waals surface area contributed by atoms with E-state index in [2.05, 4.69) is 7.80 Å². The van der Waals surface area contributed by atoms with Gasteiger partial charge in [0, 0.05) is 6.92 Å². The van der Waals surface area contributed by atoms with Crippen LogP contribution in [-0.4, -0.2) is 12.3 Å². The normalized spacial score (nSPS) is 12.9. The van der Waals surface area contributed by atoms with Crippen molar-refractivity contribution in [3.05, 3.63) is 0 Å². The molecule has 0 aliphatic rings. The molecular weight excluding hydrogens is 223 g/mol. The first-order valence-corrected chi connectivity index (χ1v) is 2.99. The third kappa shape index (κ3) is 4.32. The zero-order valence-corrected chi connectivity index (χ0v) is 6.84. The number of hydrogen-bond acceptors (Lipinski definition) is 3. The van der Waals surface area contributed by atoms with Gasteiger partial charge in [0.25, 0.3) is 0 Å². The number of hydrogen-bond donors (Lipinski definition) is 0. The van der Waals surface area contributed by atoms with Gasteiger partial charge in [-0.05, 0) is 6.92 Å². The molecule has 1 atom stereocenters. The first-order chi connectivity index (χ1) is 3.66. The highest BCUT2D eigenvalue weighted by Crippen LogP contribution is 1.98. The second-order valence-corrected chi connectivity index (χ2v) is 1.77. The van der Waals surface area contributed by atoms with E-state index in [0.717, 1.165) is 0 Å². The molecule has 0 saturated carbocycles. The molecule has 0 saturated heterocycles. The SMILES string of the molecule is CC(=O)OC(C)OI. The molecule has 0 bridgehead atoms. The molecule has 0 aliphatic carbocycles. The summed E-state index contributed by atoms with van der Waals surface area (Å²) in [5.41, 5.74) is 0. The van der Waals surface area contributed by atoms with E-state index in [1.54, 1.807) is 29.9 Å². The molecule has 0 radical (unpaired) electrons. The molecule has 1 unspecified atom stereocenters. The third-order valence-electron chi connectivity index (χ3n) is 0.457. The van der Waals surface area contributed by atoms with Crippen molar-refractivity contribution < 1.29 is 12.6 Å². The van der Waals surface area contributed by atoms with Crippen molar-refractivity contribution in [2.24, 2.45) is 0 Å². The van der Waals surface area contributed by atoms with Crippen LogP contribution in [0.5, 0.6) is 0 Å². The molecule has 0 rings (SSSR count). The topological polar surface area (TPSA) is 35.5 Å². The van der Waals surface area contributed by atoms with Crippen molar-refractivity contribution in [3.63, 3.8) is 0 Å². The Bertz CT molecular complexity index is 83.4. The van der Waals surface area contributed by atoms with Gasteiger partial charge in [0.05, 0.1) is 0 Å². The molecule has 0 aromatic carbocycles. The van der Waals surface area contributed by atoms with Crippen LogP contribution in [0.1, 0.15) is 13.8 Å². The van der Waals surface area contributed by atoms with E-state index in [4.69, 9.17) is 0 Å². The molecule has 3 nitrogen and oxygen atoms in total. The van der Waals surface area contributed by atoms with Gasteiger partial charge >= 0.3 is 5.97 Å². The summed E-state index contributed by atoms with van der Waals surface area (Å²) in [5.74, 6) is -0.325. The minimum absolute atomic E-state index is 0.325. The monoisotopic (exact) mass is 230 g/mol. The molecule has 0 aromatic rings. The fourth-order valence-corrected chi connectivity index (χ4v) is 0.356. The summed E-state index contributed by atoms with van der Waals surface area (Å²) >= 11 is 1.67. The van der Waals surface area contributed by atoms with Crippen molar-refractivity contribution in [1.29, 1.82) is 0 Å². The Morgan fingerprint density at radius 1 is 1.75 bits per heavy atom. The number of esters is 1. The fraction of sp³-hybridized carbons (Fsp3) is 0.750. The van der Waals surface area contributed by atoms with Gasteiger partial charge in [-0.1, -0.05) is 0 Å². The Labute approximate surface area is 62.0 Å². The summed E-state index contributed by atoms with van der Waals surface area (Å²) < 4.78 is 9.12. The molecule has 0 aromatic heterocycles. The molecule has 0 heterocycles. The summed E-state index contributed by atoms with van der Waals surface area (Å²) in [6.07, 6.45) is -0.437. The van der Waals surface area contributed by atoms with E-state index < -0.39 is 6.29 Å². The predicted octanol–water partition coefficient (Wildman–Crippen LogP) is 1.26. The lowest BCUT2D eigenvalue weighted by Gasteiger charge is -2.05. The van der Waals surface area contributed by atoms with E-state index in [1.165, 1.54) is 6.92 Å². The second-order valence-electron chi connectivity index (χ2n) is 1.27. The lowest BCUT2D eigenvalue weighted by molar-refractivity contribution is -0.155. The van der Waals surface area contributed by atoms with Crippen LogP contribution < -0.4 is 0 Å². The minimum Gasteiger partial charge on any atom is -0.435 e. The van der Waals surface area contributed by atoms with Crippen LogP contribution in [0, 0.1) is 0 Å². The number of ether oxygens (including phenoxy) is 1. The number of carbonyl (C=O) groups is 1. The summed E-state index contributed by atoms with van der Waals surface area (Å²) in [6.45, 7) is 2.99. The van der Waals surface area contributed by atoms with E-state index in [0.29, 0.717) is 0 Å². The first-order valence-electron chi connectivity index (χ1n) is 2.11. The zero-order chi connectivity index (χ0) is 6.57. The van der Waals surface area contributed by atoms with E-state index in [9.17, 15) is 4.79 Å². The summed E-state index contributed by atoms with van der Waals surface area (Å²) in [6, 6.07) is 0. The maximum Gasteiger partial charge on any atom is 0.304 e. The molecule has 8 heavy (non-hydrogen) atoms. The van der Waals surface area contributed by atoms with Gasteiger partial charge in [-0.2, -0.15) is 0 Å².